The largest absolute Gasteiger partial charge is 0.471 e. The Hall–Kier alpha value is -2.12. The fourth-order valence-electron chi connectivity index (χ4n) is 3.43. The van der Waals surface area contributed by atoms with Gasteiger partial charge in [-0.05, 0) is 43.9 Å². The highest BCUT2D eigenvalue weighted by molar-refractivity contribution is 5.91. The first-order chi connectivity index (χ1) is 12.8. The molecule has 27 heavy (non-hydrogen) atoms. The molecule has 8 heteroatoms. The van der Waals surface area contributed by atoms with Gasteiger partial charge in [0, 0.05) is 24.5 Å². The fourth-order valence-corrected chi connectivity index (χ4v) is 3.43. The van der Waals surface area contributed by atoms with Crippen molar-refractivity contribution < 1.29 is 22.8 Å². The number of halogens is 3. The van der Waals surface area contributed by atoms with E-state index in [1.807, 2.05) is 0 Å². The van der Waals surface area contributed by atoms with Gasteiger partial charge in [-0.3, -0.25) is 14.6 Å². The van der Waals surface area contributed by atoms with Crippen molar-refractivity contribution in [1.82, 2.24) is 15.2 Å². The van der Waals surface area contributed by atoms with E-state index < -0.39 is 30.1 Å². The van der Waals surface area contributed by atoms with Crippen LogP contribution in [0.5, 0.6) is 0 Å². The molecular weight excluding hydrogens is 359 g/mol. The first-order valence-corrected chi connectivity index (χ1v) is 9.35. The van der Waals surface area contributed by atoms with E-state index in [0.29, 0.717) is 16.9 Å². The zero-order valence-corrected chi connectivity index (χ0v) is 15.6. The predicted molar refractivity (Wildman–Crippen MR) is 94.6 cm³/mol. The summed E-state index contributed by atoms with van der Waals surface area (Å²) in [5.74, 6) is -2.58. The Bertz CT molecular complexity index is 631. The standard InChI is InChI=1S/C19H26F3N3O2/c1-3-13(2)25(18(27)19(20,21)22)16(14-9-11-23-12-10-14)17(26)24-15-7-5-4-6-8-15/h9-13,15-16H,3-8H2,1-2H3,(H,24,26)/t13-,16-/m1/s1. The number of nitrogens with one attached hydrogen (secondary N) is 1. The summed E-state index contributed by atoms with van der Waals surface area (Å²) in [5, 5.41) is 2.86. The molecule has 1 aromatic rings. The minimum absolute atomic E-state index is 0.0737. The number of carbonyl (C=O) groups excluding carboxylic acids is 2. The van der Waals surface area contributed by atoms with E-state index in [-0.39, 0.29) is 6.04 Å². The number of aromatic nitrogens is 1. The van der Waals surface area contributed by atoms with Gasteiger partial charge in [-0.15, -0.1) is 0 Å². The van der Waals surface area contributed by atoms with Gasteiger partial charge in [-0.1, -0.05) is 26.2 Å². The van der Waals surface area contributed by atoms with Crippen molar-refractivity contribution in [2.24, 2.45) is 0 Å². The van der Waals surface area contributed by atoms with E-state index >= 15 is 0 Å². The van der Waals surface area contributed by atoms with Crippen LogP contribution >= 0.6 is 0 Å². The molecule has 1 heterocycles. The lowest BCUT2D eigenvalue weighted by Crippen LogP contribution is -2.53. The molecule has 0 radical (unpaired) electrons. The van der Waals surface area contributed by atoms with Crippen LogP contribution in [0.25, 0.3) is 0 Å². The van der Waals surface area contributed by atoms with Crippen molar-refractivity contribution in [3.05, 3.63) is 30.1 Å². The molecular formula is C19H26F3N3O2. The lowest BCUT2D eigenvalue weighted by molar-refractivity contribution is -0.191. The first kappa shape index (κ1) is 21.2. The van der Waals surface area contributed by atoms with Gasteiger partial charge in [0.1, 0.15) is 6.04 Å². The highest BCUT2D eigenvalue weighted by Crippen LogP contribution is 2.31. The average Bonchev–Trinajstić information content (AvgIpc) is 2.65. The van der Waals surface area contributed by atoms with Crippen LogP contribution in [0, 0.1) is 0 Å². The van der Waals surface area contributed by atoms with E-state index in [2.05, 4.69) is 10.3 Å². The van der Waals surface area contributed by atoms with Crippen molar-refractivity contribution in [3.8, 4) is 0 Å². The van der Waals surface area contributed by atoms with Crippen molar-refractivity contribution in [2.75, 3.05) is 0 Å². The van der Waals surface area contributed by atoms with Crippen LogP contribution < -0.4 is 5.32 Å². The maximum atomic E-state index is 13.3. The van der Waals surface area contributed by atoms with Crippen LogP contribution in [-0.4, -0.2) is 40.0 Å². The number of amides is 2. The van der Waals surface area contributed by atoms with Gasteiger partial charge in [0.15, 0.2) is 0 Å². The van der Waals surface area contributed by atoms with Crippen LogP contribution in [0.4, 0.5) is 13.2 Å². The summed E-state index contributed by atoms with van der Waals surface area (Å²) in [4.78, 5) is 29.7. The van der Waals surface area contributed by atoms with Gasteiger partial charge in [-0.25, -0.2) is 0 Å². The van der Waals surface area contributed by atoms with Crippen LogP contribution in [0.1, 0.15) is 64.0 Å². The molecule has 150 valence electrons. The smallest absolute Gasteiger partial charge is 0.351 e. The molecule has 0 unspecified atom stereocenters. The van der Waals surface area contributed by atoms with Gasteiger partial charge in [0.05, 0.1) is 0 Å². The van der Waals surface area contributed by atoms with Gasteiger partial charge >= 0.3 is 12.1 Å². The molecule has 5 nitrogen and oxygen atoms in total. The number of rotatable bonds is 6. The molecule has 1 aliphatic carbocycles. The van der Waals surface area contributed by atoms with Crippen LogP contribution in [0.15, 0.2) is 24.5 Å². The normalized spacial score (nSPS) is 17.8. The third kappa shape index (κ3) is 5.43. The molecule has 0 spiro atoms. The summed E-state index contributed by atoms with van der Waals surface area (Å²) in [6.07, 6.45) is 2.68. The molecule has 1 saturated carbocycles. The Morgan fingerprint density at radius 1 is 1.22 bits per heavy atom. The van der Waals surface area contributed by atoms with E-state index in [4.69, 9.17) is 0 Å². The monoisotopic (exact) mass is 385 g/mol. The van der Waals surface area contributed by atoms with Gasteiger partial charge in [0.25, 0.3) is 0 Å². The maximum absolute atomic E-state index is 13.3. The average molecular weight is 385 g/mol. The third-order valence-electron chi connectivity index (χ3n) is 5.04. The predicted octanol–water partition coefficient (Wildman–Crippen LogP) is 3.76. The SMILES string of the molecule is CC[C@@H](C)N(C(=O)C(F)(F)F)[C@@H](C(=O)NC1CCCCC1)c1ccncc1. The number of pyridine rings is 1. The van der Waals surface area contributed by atoms with E-state index in [0.717, 1.165) is 32.1 Å². The molecule has 2 atom stereocenters. The van der Waals surface area contributed by atoms with Crippen molar-refractivity contribution in [2.45, 2.75) is 76.7 Å². The molecule has 2 amide bonds. The summed E-state index contributed by atoms with van der Waals surface area (Å²) in [6, 6.07) is 0.776. The maximum Gasteiger partial charge on any atom is 0.471 e. The molecule has 0 aromatic carbocycles. The molecule has 0 bridgehead atoms. The second-order valence-electron chi connectivity index (χ2n) is 6.99. The molecule has 0 aliphatic heterocycles. The molecule has 2 rings (SSSR count). The number of hydrogen-bond donors (Lipinski definition) is 1. The zero-order chi connectivity index (χ0) is 20.0. The number of nitrogens with zero attached hydrogens (tertiary/aromatic N) is 2. The van der Waals surface area contributed by atoms with Gasteiger partial charge in [0.2, 0.25) is 5.91 Å². The van der Waals surface area contributed by atoms with Crippen molar-refractivity contribution in [3.63, 3.8) is 0 Å². The fraction of sp³-hybridized carbons (Fsp3) is 0.632. The third-order valence-corrected chi connectivity index (χ3v) is 5.04. The number of alkyl halides is 3. The summed E-state index contributed by atoms with van der Waals surface area (Å²) in [7, 11) is 0. The Morgan fingerprint density at radius 2 is 1.81 bits per heavy atom. The molecule has 1 aliphatic rings. The van der Waals surface area contributed by atoms with Crippen LogP contribution in [-0.2, 0) is 9.59 Å². The quantitative estimate of drug-likeness (QED) is 0.811. The molecule has 1 aromatic heterocycles. The number of hydrogen-bond acceptors (Lipinski definition) is 3. The Kier molecular flexibility index (Phi) is 7.21. The molecule has 1 N–H and O–H groups in total. The lowest BCUT2D eigenvalue weighted by atomic mass is 9.94. The highest BCUT2D eigenvalue weighted by atomic mass is 19.4. The van der Waals surface area contributed by atoms with Gasteiger partial charge < -0.3 is 10.2 Å². The topological polar surface area (TPSA) is 62.3 Å². The minimum atomic E-state index is -5.06. The van der Waals surface area contributed by atoms with Crippen LogP contribution in [0.3, 0.4) is 0 Å². The first-order valence-electron chi connectivity index (χ1n) is 9.35. The molecule has 0 saturated heterocycles. The highest BCUT2D eigenvalue weighted by Gasteiger charge is 2.48. The number of carbonyl (C=O) groups is 2. The Balaban J connectivity index is 2.39. The van der Waals surface area contributed by atoms with E-state index in [1.165, 1.54) is 31.5 Å². The summed E-state index contributed by atoms with van der Waals surface area (Å²) in [6.45, 7) is 3.20. The minimum Gasteiger partial charge on any atom is -0.351 e. The summed E-state index contributed by atoms with van der Waals surface area (Å²) in [5.41, 5.74) is 0.316. The van der Waals surface area contributed by atoms with E-state index in [9.17, 15) is 22.8 Å². The lowest BCUT2D eigenvalue weighted by Gasteiger charge is -2.37. The van der Waals surface area contributed by atoms with Crippen molar-refractivity contribution in [1.29, 1.82) is 0 Å². The second kappa shape index (κ2) is 9.19. The Morgan fingerprint density at radius 3 is 2.33 bits per heavy atom. The van der Waals surface area contributed by atoms with Crippen LogP contribution in [0.2, 0.25) is 0 Å². The summed E-state index contributed by atoms with van der Waals surface area (Å²) < 4.78 is 39.8. The zero-order valence-electron chi connectivity index (χ0n) is 15.6. The van der Waals surface area contributed by atoms with E-state index in [1.54, 1.807) is 6.92 Å². The summed E-state index contributed by atoms with van der Waals surface area (Å²) >= 11 is 0. The Labute approximate surface area is 157 Å². The molecule has 1 fully saturated rings. The second-order valence-corrected chi connectivity index (χ2v) is 6.99. The van der Waals surface area contributed by atoms with Crippen molar-refractivity contribution >= 4 is 11.8 Å². The van der Waals surface area contributed by atoms with Gasteiger partial charge in [-0.2, -0.15) is 13.2 Å².